The third-order valence-electron chi connectivity index (χ3n) is 1.77. The van der Waals surface area contributed by atoms with Crippen LogP contribution in [0.3, 0.4) is 0 Å². The highest BCUT2D eigenvalue weighted by atomic mass is 79.9. The maximum Gasteiger partial charge on any atom is 0.343 e. The molecular formula is C9H9BrFNO5. The van der Waals surface area contributed by atoms with Gasteiger partial charge in [0, 0.05) is 4.47 Å². The molecule has 0 saturated heterocycles. The predicted molar refractivity (Wildman–Crippen MR) is 57.7 cm³/mol. The minimum absolute atomic E-state index is 0.281. The van der Waals surface area contributed by atoms with E-state index in [1.54, 1.807) is 0 Å². The van der Waals surface area contributed by atoms with Crippen LogP contribution in [-0.4, -0.2) is 30.1 Å². The maximum absolute atomic E-state index is 13.5. The van der Waals surface area contributed by atoms with Crippen LogP contribution in [0.25, 0.3) is 0 Å². The van der Waals surface area contributed by atoms with Gasteiger partial charge >= 0.3 is 5.97 Å². The fourth-order valence-electron chi connectivity index (χ4n) is 1.03. The van der Waals surface area contributed by atoms with E-state index in [1.165, 1.54) is 6.07 Å². The Kier molecular flexibility index (Phi) is 4.67. The minimum Gasteiger partial charge on any atom is -0.476 e. The van der Waals surface area contributed by atoms with Gasteiger partial charge in [0.2, 0.25) is 0 Å². The molecule has 0 aliphatic heterocycles. The van der Waals surface area contributed by atoms with Crippen molar-refractivity contribution in [2.24, 2.45) is 0 Å². The van der Waals surface area contributed by atoms with Crippen LogP contribution in [0.4, 0.5) is 10.1 Å². The summed E-state index contributed by atoms with van der Waals surface area (Å²) in [6, 6.07) is 2.26. The van der Waals surface area contributed by atoms with Crippen molar-refractivity contribution in [3.05, 3.63) is 22.4 Å². The second kappa shape index (κ2) is 5.80. The van der Waals surface area contributed by atoms with Crippen molar-refractivity contribution in [1.82, 2.24) is 0 Å². The van der Waals surface area contributed by atoms with E-state index in [1.807, 2.05) is 0 Å². The van der Waals surface area contributed by atoms with E-state index in [-0.39, 0.29) is 15.4 Å². The van der Waals surface area contributed by atoms with E-state index in [9.17, 15) is 9.18 Å². The monoisotopic (exact) mass is 309 g/mol. The van der Waals surface area contributed by atoms with E-state index in [2.05, 4.69) is 20.7 Å². The Morgan fingerprint density at radius 3 is 2.71 bits per heavy atom. The summed E-state index contributed by atoms with van der Waals surface area (Å²) in [4.78, 5) is 10.8. The Hall–Kier alpha value is -1.38. The predicted octanol–water partition coefficient (Wildman–Crippen LogP) is 1.72. The zero-order chi connectivity index (χ0) is 13.0. The Morgan fingerprint density at radius 1 is 1.53 bits per heavy atom. The van der Waals surface area contributed by atoms with Gasteiger partial charge in [0.15, 0.2) is 18.2 Å². The molecule has 0 saturated carbocycles. The SMILES string of the molecule is COC(=O)COc1c(F)cc(Br)cc1N(O)O. The third-order valence-corrected chi connectivity index (χ3v) is 2.22. The second-order valence-corrected chi connectivity index (χ2v) is 3.81. The quantitative estimate of drug-likeness (QED) is 0.651. The number of nitrogens with zero attached hydrogens (tertiary/aromatic N) is 1. The molecule has 1 aromatic carbocycles. The van der Waals surface area contributed by atoms with Crippen LogP contribution in [-0.2, 0) is 9.53 Å². The van der Waals surface area contributed by atoms with E-state index < -0.39 is 24.1 Å². The van der Waals surface area contributed by atoms with Gasteiger partial charge in [-0.15, -0.1) is 5.23 Å². The highest BCUT2D eigenvalue weighted by molar-refractivity contribution is 9.10. The number of carbonyl (C=O) groups excluding carboxylic acids is 1. The van der Waals surface area contributed by atoms with Gasteiger partial charge in [-0.3, -0.25) is 10.4 Å². The van der Waals surface area contributed by atoms with Crippen LogP contribution in [0.5, 0.6) is 5.75 Å². The van der Waals surface area contributed by atoms with Crippen LogP contribution in [0.2, 0.25) is 0 Å². The fourth-order valence-corrected chi connectivity index (χ4v) is 1.45. The number of ether oxygens (including phenoxy) is 2. The molecule has 0 fully saturated rings. The number of anilines is 1. The van der Waals surface area contributed by atoms with Crippen molar-refractivity contribution >= 4 is 27.6 Å². The van der Waals surface area contributed by atoms with Crippen molar-refractivity contribution in [2.45, 2.75) is 0 Å². The van der Waals surface area contributed by atoms with Gasteiger partial charge in [0.1, 0.15) is 5.69 Å². The summed E-state index contributed by atoms with van der Waals surface area (Å²) < 4.78 is 22.9. The average Bonchev–Trinajstić information content (AvgIpc) is 2.26. The lowest BCUT2D eigenvalue weighted by molar-refractivity contribution is -0.143. The number of rotatable bonds is 4. The van der Waals surface area contributed by atoms with Gasteiger partial charge in [0.05, 0.1) is 7.11 Å². The molecule has 0 aliphatic rings. The number of methoxy groups -OCH3 is 1. The van der Waals surface area contributed by atoms with Crippen LogP contribution < -0.4 is 9.96 Å². The summed E-state index contributed by atoms with van der Waals surface area (Å²) in [5, 5.41) is 17.5. The van der Waals surface area contributed by atoms with Crippen LogP contribution in [0.15, 0.2) is 16.6 Å². The van der Waals surface area contributed by atoms with Gasteiger partial charge in [-0.2, -0.15) is 0 Å². The van der Waals surface area contributed by atoms with Gasteiger partial charge < -0.3 is 9.47 Å². The highest BCUT2D eigenvalue weighted by Gasteiger charge is 2.17. The van der Waals surface area contributed by atoms with Crippen LogP contribution in [0.1, 0.15) is 0 Å². The molecule has 0 atom stereocenters. The van der Waals surface area contributed by atoms with Gasteiger partial charge in [0.25, 0.3) is 0 Å². The first-order valence-electron chi connectivity index (χ1n) is 4.32. The lowest BCUT2D eigenvalue weighted by atomic mass is 10.3. The Bertz CT molecular complexity index is 426. The van der Waals surface area contributed by atoms with Crippen molar-refractivity contribution in [3.63, 3.8) is 0 Å². The molecule has 1 rings (SSSR count). The van der Waals surface area contributed by atoms with Gasteiger partial charge in [-0.25, -0.2) is 9.18 Å². The molecule has 17 heavy (non-hydrogen) atoms. The van der Waals surface area contributed by atoms with Crippen molar-refractivity contribution in [1.29, 1.82) is 0 Å². The molecule has 0 spiro atoms. The summed E-state index contributed by atoms with van der Waals surface area (Å²) in [6.45, 7) is -0.546. The summed E-state index contributed by atoms with van der Waals surface area (Å²) >= 11 is 2.97. The molecule has 0 aliphatic carbocycles. The number of carbonyl (C=O) groups is 1. The molecule has 1 aromatic rings. The lowest BCUT2D eigenvalue weighted by Crippen LogP contribution is -2.17. The summed E-state index contributed by atoms with van der Waals surface area (Å²) in [6.07, 6.45) is 0. The summed E-state index contributed by atoms with van der Waals surface area (Å²) in [5.41, 5.74) is -0.347. The Morgan fingerprint density at radius 2 is 2.18 bits per heavy atom. The van der Waals surface area contributed by atoms with Crippen LogP contribution in [0, 0.1) is 5.82 Å². The first kappa shape index (κ1) is 13.7. The Balaban J connectivity index is 3.00. The first-order valence-corrected chi connectivity index (χ1v) is 5.11. The molecule has 0 unspecified atom stereocenters. The molecule has 6 nitrogen and oxygen atoms in total. The van der Waals surface area contributed by atoms with Crippen molar-refractivity contribution in [2.75, 3.05) is 18.9 Å². The van der Waals surface area contributed by atoms with E-state index >= 15 is 0 Å². The fraction of sp³-hybridized carbons (Fsp3) is 0.222. The molecule has 8 heteroatoms. The molecule has 0 aromatic heterocycles. The maximum atomic E-state index is 13.5. The Labute approximate surface area is 104 Å². The normalized spacial score (nSPS) is 9.94. The standard InChI is InChI=1S/C9H9BrFNO5/c1-16-8(13)4-17-9-6(11)2-5(10)3-7(9)12(14)15/h2-3,14-15H,4H2,1H3. The van der Waals surface area contributed by atoms with Crippen molar-refractivity contribution < 1.29 is 29.1 Å². The summed E-state index contributed by atoms with van der Waals surface area (Å²) in [5.74, 6) is -2.05. The highest BCUT2D eigenvalue weighted by Crippen LogP contribution is 2.33. The number of esters is 1. The third kappa shape index (κ3) is 3.55. The number of halogens is 2. The molecule has 0 bridgehead atoms. The number of benzene rings is 1. The molecule has 0 amide bonds. The molecule has 94 valence electrons. The minimum atomic E-state index is -0.855. The summed E-state index contributed by atoms with van der Waals surface area (Å²) in [7, 11) is 1.15. The molecule has 0 heterocycles. The van der Waals surface area contributed by atoms with E-state index in [0.717, 1.165) is 13.2 Å². The largest absolute Gasteiger partial charge is 0.476 e. The topological polar surface area (TPSA) is 79.2 Å². The second-order valence-electron chi connectivity index (χ2n) is 2.89. The van der Waals surface area contributed by atoms with Gasteiger partial charge in [-0.05, 0) is 12.1 Å². The van der Waals surface area contributed by atoms with E-state index in [0.29, 0.717) is 0 Å². The molecule has 2 N–H and O–H groups in total. The van der Waals surface area contributed by atoms with E-state index in [4.69, 9.17) is 15.2 Å². The molecular weight excluding hydrogens is 301 g/mol. The zero-order valence-electron chi connectivity index (χ0n) is 8.68. The first-order chi connectivity index (χ1) is 7.95. The van der Waals surface area contributed by atoms with Crippen LogP contribution >= 0.6 is 15.9 Å². The smallest absolute Gasteiger partial charge is 0.343 e. The lowest BCUT2D eigenvalue weighted by Gasteiger charge is -2.15. The molecule has 0 radical (unpaired) electrons. The van der Waals surface area contributed by atoms with Crippen molar-refractivity contribution in [3.8, 4) is 5.75 Å². The number of hydrogen-bond acceptors (Lipinski definition) is 6. The van der Waals surface area contributed by atoms with Gasteiger partial charge in [-0.1, -0.05) is 15.9 Å². The zero-order valence-corrected chi connectivity index (χ0v) is 10.3. The average molecular weight is 310 g/mol. The number of hydrogen-bond donors (Lipinski definition) is 2.